The van der Waals surface area contributed by atoms with Crippen LogP contribution in [0.4, 0.5) is 5.69 Å². The van der Waals surface area contributed by atoms with Crippen LogP contribution in [0.25, 0.3) is 0 Å². The van der Waals surface area contributed by atoms with Gasteiger partial charge in [0, 0.05) is 10.5 Å². The number of carboxylic acids is 1. The van der Waals surface area contributed by atoms with Crippen LogP contribution in [0.2, 0.25) is 0 Å². The van der Waals surface area contributed by atoms with E-state index in [0.29, 0.717) is 22.7 Å². The first-order valence-corrected chi connectivity index (χ1v) is 7.46. The molecule has 104 valence electrons. The molecule has 2 rings (SSSR count). The maximum atomic E-state index is 11.2. The van der Waals surface area contributed by atoms with Crippen molar-refractivity contribution < 1.29 is 9.90 Å². The molecule has 0 spiro atoms. The zero-order valence-corrected chi connectivity index (χ0v) is 13.0. The van der Waals surface area contributed by atoms with Gasteiger partial charge in [0.2, 0.25) is 0 Å². The van der Waals surface area contributed by atoms with E-state index in [1.54, 1.807) is 12.1 Å². The molecule has 0 bridgehead atoms. The van der Waals surface area contributed by atoms with Crippen LogP contribution in [0.5, 0.6) is 0 Å². The number of aromatic carboxylic acids is 1. The van der Waals surface area contributed by atoms with Crippen molar-refractivity contribution in [2.45, 2.75) is 45.6 Å². The van der Waals surface area contributed by atoms with Crippen LogP contribution < -0.4 is 5.32 Å². The van der Waals surface area contributed by atoms with Crippen molar-refractivity contribution in [3.8, 4) is 0 Å². The average molecular weight is 326 g/mol. The van der Waals surface area contributed by atoms with E-state index < -0.39 is 5.97 Å². The Kier molecular flexibility index (Phi) is 4.19. The van der Waals surface area contributed by atoms with Crippen LogP contribution in [0, 0.1) is 5.41 Å². The lowest BCUT2D eigenvalue weighted by molar-refractivity contribution is 0.0698. The summed E-state index contributed by atoms with van der Waals surface area (Å²) >= 11 is 3.40. The van der Waals surface area contributed by atoms with E-state index in [0.717, 1.165) is 17.3 Å². The molecule has 1 aromatic carbocycles. The van der Waals surface area contributed by atoms with Gasteiger partial charge in [0.25, 0.3) is 0 Å². The number of anilines is 1. The van der Waals surface area contributed by atoms with Crippen molar-refractivity contribution in [1.82, 2.24) is 0 Å². The molecule has 0 aromatic heterocycles. The van der Waals surface area contributed by atoms with Gasteiger partial charge in [-0.1, -0.05) is 36.2 Å². The van der Waals surface area contributed by atoms with Crippen molar-refractivity contribution in [2.75, 3.05) is 5.32 Å². The summed E-state index contributed by atoms with van der Waals surface area (Å²) in [6.07, 6.45) is 4.63. The van der Waals surface area contributed by atoms with Gasteiger partial charge in [0.1, 0.15) is 0 Å². The number of rotatable bonds is 3. The quantitative estimate of drug-likeness (QED) is 0.858. The summed E-state index contributed by atoms with van der Waals surface area (Å²) in [5, 5.41) is 12.6. The van der Waals surface area contributed by atoms with E-state index in [2.05, 4.69) is 35.1 Å². The van der Waals surface area contributed by atoms with Gasteiger partial charge in [0.15, 0.2) is 0 Å². The fourth-order valence-corrected chi connectivity index (χ4v) is 3.22. The lowest BCUT2D eigenvalue weighted by Crippen LogP contribution is -2.32. The molecule has 0 heterocycles. The van der Waals surface area contributed by atoms with E-state index in [4.69, 9.17) is 0 Å². The summed E-state index contributed by atoms with van der Waals surface area (Å²) in [4.78, 5) is 11.2. The third-order valence-corrected chi connectivity index (χ3v) is 4.27. The highest BCUT2D eigenvalue weighted by Crippen LogP contribution is 2.37. The number of carbonyl (C=O) groups is 1. The summed E-state index contributed by atoms with van der Waals surface area (Å²) in [6, 6.07) is 5.61. The van der Waals surface area contributed by atoms with Crippen LogP contribution in [-0.2, 0) is 0 Å². The largest absolute Gasteiger partial charge is 0.478 e. The third kappa shape index (κ3) is 3.72. The second-order valence-electron chi connectivity index (χ2n) is 6.10. The van der Waals surface area contributed by atoms with Crippen LogP contribution in [-0.4, -0.2) is 17.1 Å². The molecule has 1 atom stereocenters. The molecule has 0 aliphatic heterocycles. The first-order valence-electron chi connectivity index (χ1n) is 6.67. The molecule has 1 unspecified atom stereocenters. The Morgan fingerprint density at radius 2 is 2.21 bits per heavy atom. The van der Waals surface area contributed by atoms with E-state index in [1.807, 2.05) is 6.07 Å². The van der Waals surface area contributed by atoms with E-state index >= 15 is 0 Å². The molecule has 1 aliphatic carbocycles. The Labute approximate surface area is 122 Å². The number of nitrogens with one attached hydrogen (secondary N) is 1. The second kappa shape index (κ2) is 5.53. The average Bonchev–Trinajstić information content (AvgIpc) is 2.27. The maximum Gasteiger partial charge on any atom is 0.337 e. The van der Waals surface area contributed by atoms with Gasteiger partial charge in [-0.2, -0.15) is 0 Å². The fraction of sp³-hybridized carbons (Fsp3) is 0.533. The van der Waals surface area contributed by atoms with Crippen molar-refractivity contribution in [1.29, 1.82) is 0 Å². The summed E-state index contributed by atoms with van der Waals surface area (Å²) in [7, 11) is 0. The van der Waals surface area contributed by atoms with E-state index in [9.17, 15) is 9.90 Å². The smallest absolute Gasteiger partial charge is 0.337 e. The molecular weight excluding hydrogens is 306 g/mol. The molecule has 1 aliphatic rings. The van der Waals surface area contributed by atoms with Crippen LogP contribution >= 0.6 is 15.9 Å². The van der Waals surface area contributed by atoms with Gasteiger partial charge < -0.3 is 10.4 Å². The minimum atomic E-state index is -0.884. The molecule has 1 saturated carbocycles. The first-order chi connectivity index (χ1) is 8.87. The summed E-state index contributed by atoms with van der Waals surface area (Å²) in [5.74, 6) is -0.884. The van der Waals surface area contributed by atoms with Crippen LogP contribution in [0.15, 0.2) is 22.7 Å². The normalized spacial score (nSPS) is 21.9. The zero-order valence-electron chi connectivity index (χ0n) is 11.4. The van der Waals surface area contributed by atoms with E-state index in [1.165, 1.54) is 12.8 Å². The SMILES string of the molecule is CC1(C)CCCC(Nc2cc(Br)ccc2C(=O)O)C1. The molecule has 0 saturated heterocycles. The Balaban J connectivity index is 2.18. The summed E-state index contributed by atoms with van der Waals surface area (Å²) < 4.78 is 0.898. The van der Waals surface area contributed by atoms with Gasteiger partial charge >= 0.3 is 5.97 Å². The predicted octanol–water partition coefficient (Wildman–Crippen LogP) is 4.53. The summed E-state index contributed by atoms with van der Waals surface area (Å²) in [6.45, 7) is 4.56. The van der Waals surface area contributed by atoms with Gasteiger partial charge in [-0.3, -0.25) is 0 Å². The van der Waals surface area contributed by atoms with Crippen molar-refractivity contribution in [3.63, 3.8) is 0 Å². The Morgan fingerprint density at radius 1 is 1.47 bits per heavy atom. The highest BCUT2D eigenvalue weighted by atomic mass is 79.9. The molecule has 1 aromatic rings. The number of carboxylic acid groups (broad SMARTS) is 1. The summed E-state index contributed by atoms with van der Waals surface area (Å²) in [5.41, 5.74) is 1.39. The standard InChI is InChI=1S/C15H20BrNO2/c1-15(2)7-3-4-11(9-15)17-13-8-10(16)5-6-12(13)14(18)19/h5-6,8,11,17H,3-4,7,9H2,1-2H3,(H,18,19). The Hall–Kier alpha value is -1.03. The predicted molar refractivity (Wildman–Crippen MR) is 80.8 cm³/mol. The lowest BCUT2D eigenvalue weighted by atomic mass is 9.75. The van der Waals surface area contributed by atoms with E-state index in [-0.39, 0.29) is 0 Å². The topological polar surface area (TPSA) is 49.3 Å². The minimum absolute atomic E-state index is 0.339. The molecular formula is C15H20BrNO2. The molecule has 0 radical (unpaired) electrons. The van der Waals surface area contributed by atoms with Crippen LogP contribution in [0.1, 0.15) is 49.9 Å². The molecule has 1 fully saturated rings. The first kappa shape index (κ1) is 14.4. The van der Waals surface area contributed by atoms with Crippen molar-refractivity contribution >= 4 is 27.6 Å². The van der Waals surface area contributed by atoms with Gasteiger partial charge in [-0.15, -0.1) is 0 Å². The highest BCUT2D eigenvalue weighted by Gasteiger charge is 2.28. The van der Waals surface area contributed by atoms with Gasteiger partial charge in [-0.05, 0) is 42.9 Å². The number of hydrogen-bond donors (Lipinski definition) is 2. The Morgan fingerprint density at radius 3 is 2.84 bits per heavy atom. The molecule has 19 heavy (non-hydrogen) atoms. The number of hydrogen-bond acceptors (Lipinski definition) is 2. The molecule has 0 amide bonds. The molecule has 4 heteroatoms. The second-order valence-corrected chi connectivity index (χ2v) is 7.01. The molecule has 2 N–H and O–H groups in total. The van der Waals surface area contributed by atoms with Gasteiger partial charge in [-0.25, -0.2) is 4.79 Å². The highest BCUT2D eigenvalue weighted by molar-refractivity contribution is 9.10. The third-order valence-electron chi connectivity index (χ3n) is 3.78. The van der Waals surface area contributed by atoms with Crippen molar-refractivity contribution in [3.05, 3.63) is 28.2 Å². The fourth-order valence-electron chi connectivity index (χ4n) is 2.86. The van der Waals surface area contributed by atoms with Gasteiger partial charge in [0.05, 0.1) is 11.3 Å². The number of benzene rings is 1. The van der Waals surface area contributed by atoms with Crippen molar-refractivity contribution in [2.24, 2.45) is 5.41 Å². The monoisotopic (exact) mass is 325 g/mol. The zero-order chi connectivity index (χ0) is 14.0. The Bertz CT molecular complexity index is 485. The lowest BCUT2D eigenvalue weighted by Gasteiger charge is -2.36. The minimum Gasteiger partial charge on any atom is -0.478 e. The van der Waals surface area contributed by atoms with Crippen LogP contribution in [0.3, 0.4) is 0 Å². The number of halogens is 1. The maximum absolute atomic E-state index is 11.2. The molecule has 3 nitrogen and oxygen atoms in total.